The number of aliphatic hydroxyl groups is 2. The number of ether oxygens (including phenoxy) is 1. The second kappa shape index (κ2) is 12.4. The van der Waals surface area contributed by atoms with Crippen molar-refractivity contribution in [2.24, 2.45) is 0 Å². The van der Waals surface area contributed by atoms with Crippen LogP contribution in [-0.4, -0.2) is 56.3 Å². The molecule has 3 amide bonds. The fourth-order valence-corrected chi connectivity index (χ4v) is 5.59. The molecule has 9 nitrogen and oxygen atoms in total. The van der Waals surface area contributed by atoms with Gasteiger partial charge in [0, 0.05) is 17.2 Å². The van der Waals surface area contributed by atoms with E-state index < -0.39 is 30.1 Å². The van der Waals surface area contributed by atoms with Crippen LogP contribution in [0, 0.1) is 13.8 Å². The first kappa shape index (κ1) is 29.3. The number of urea groups is 1. The number of nitrogens with one attached hydrogen (secondary N) is 2. The van der Waals surface area contributed by atoms with Gasteiger partial charge < -0.3 is 25.3 Å². The van der Waals surface area contributed by atoms with Gasteiger partial charge in [-0.2, -0.15) is 0 Å². The number of halogens is 1. The summed E-state index contributed by atoms with van der Waals surface area (Å²) in [5.41, 5.74) is 4.73. The highest BCUT2D eigenvalue weighted by molar-refractivity contribution is 6.33. The molecule has 2 unspecified atom stereocenters. The van der Waals surface area contributed by atoms with Crippen LogP contribution in [0.2, 0.25) is 5.02 Å². The van der Waals surface area contributed by atoms with Crippen LogP contribution in [0.3, 0.4) is 0 Å². The summed E-state index contributed by atoms with van der Waals surface area (Å²) in [6.45, 7) is 5.15. The topological polar surface area (TPSA) is 128 Å². The van der Waals surface area contributed by atoms with Crippen molar-refractivity contribution in [3.8, 4) is 17.0 Å². The van der Waals surface area contributed by atoms with Gasteiger partial charge in [0.25, 0.3) is 5.91 Å². The van der Waals surface area contributed by atoms with Crippen molar-refractivity contribution < 1.29 is 24.5 Å². The van der Waals surface area contributed by atoms with Crippen LogP contribution < -0.4 is 10.1 Å². The highest BCUT2D eigenvalue weighted by Gasteiger charge is 2.46. The summed E-state index contributed by atoms with van der Waals surface area (Å²) in [5.74, 6) is 0.192. The maximum Gasteiger partial charge on any atom is 0.325 e. The molecule has 4 aromatic rings. The molecule has 218 valence electrons. The zero-order chi connectivity index (χ0) is 30.0. The van der Waals surface area contributed by atoms with Crippen molar-refractivity contribution in [2.75, 3.05) is 13.2 Å². The molecule has 3 atom stereocenters. The number of imidazole rings is 1. The number of carbonyl (C=O) groups is 2. The lowest BCUT2D eigenvalue weighted by atomic mass is 9.91. The van der Waals surface area contributed by atoms with Crippen molar-refractivity contribution >= 4 is 23.5 Å². The van der Waals surface area contributed by atoms with Crippen LogP contribution in [0.1, 0.15) is 53.1 Å². The molecule has 1 aliphatic heterocycles. The second-order valence-corrected chi connectivity index (χ2v) is 10.9. The van der Waals surface area contributed by atoms with E-state index in [1.807, 2.05) is 69.3 Å². The van der Waals surface area contributed by atoms with Crippen LogP contribution in [0.15, 0.2) is 72.8 Å². The number of aromatic amines is 1. The molecule has 1 aromatic heterocycles. The number of benzene rings is 3. The van der Waals surface area contributed by atoms with E-state index in [0.29, 0.717) is 27.9 Å². The summed E-state index contributed by atoms with van der Waals surface area (Å²) in [4.78, 5) is 37.0. The number of hydrogen-bond donors (Lipinski definition) is 4. The Balaban J connectivity index is 1.51. The van der Waals surface area contributed by atoms with Gasteiger partial charge in [-0.3, -0.25) is 9.69 Å². The van der Waals surface area contributed by atoms with E-state index in [0.717, 1.165) is 22.4 Å². The molecule has 1 aliphatic rings. The zero-order valence-electron chi connectivity index (χ0n) is 23.5. The van der Waals surface area contributed by atoms with Gasteiger partial charge in [0.15, 0.2) is 0 Å². The van der Waals surface area contributed by atoms with E-state index in [1.54, 1.807) is 24.3 Å². The molecule has 3 aromatic carbocycles. The third-order valence-electron chi connectivity index (χ3n) is 7.53. The average molecular weight is 589 g/mol. The molecule has 0 aliphatic carbocycles. The molecule has 0 saturated carbocycles. The van der Waals surface area contributed by atoms with Gasteiger partial charge >= 0.3 is 6.03 Å². The Morgan fingerprint density at radius 1 is 1.00 bits per heavy atom. The van der Waals surface area contributed by atoms with Crippen LogP contribution in [-0.2, 0) is 4.79 Å². The van der Waals surface area contributed by atoms with Gasteiger partial charge in [0.05, 0.1) is 23.9 Å². The number of nitrogens with zero attached hydrogens (tertiary/aromatic N) is 2. The van der Waals surface area contributed by atoms with Gasteiger partial charge in [0.2, 0.25) is 0 Å². The predicted molar refractivity (Wildman–Crippen MR) is 159 cm³/mol. The minimum Gasteiger partial charge on any atom is -0.486 e. The number of aromatic nitrogens is 2. The van der Waals surface area contributed by atoms with Crippen LogP contribution >= 0.6 is 11.6 Å². The van der Waals surface area contributed by atoms with Crippen molar-refractivity contribution in [3.05, 3.63) is 106 Å². The summed E-state index contributed by atoms with van der Waals surface area (Å²) in [6, 6.07) is 19.9. The predicted octanol–water partition coefficient (Wildman–Crippen LogP) is 5.22. The van der Waals surface area contributed by atoms with E-state index in [2.05, 4.69) is 10.3 Å². The van der Waals surface area contributed by atoms with Crippen molar-refractivity contribution in [3.63, 3.8) is 0 Å². The smallest absolute Gasteiger partial charge is 0.325 e. The molecule has 0 radical (unpaired) electrons. The minimum atomic E-state index is -0.912. The number of rotatable bonds is 10. The molecular weight excluding hydrogens is 556 g/mol. The Labute approximate surface area is 249 Å². The number of aliphatic hydroxyl groups excluding tert-OH is 2. The first-order valence-corrected chi connectivity index (χ1v) is 14.1. The highest BCUT2D eigenvalue weighted by atomic mass is 35.5. The monoisotopic (exact) mass is 588 g/mol. The third kappa shape index (κ3) is 5.76. The van der Waals surface area contributed by atoms with E-state index in [9.17, 15) is 19.8 Å². The molecule has 4 N–H and O–H groups in total. The first-order chi connectivity index (χ1) is 20.2. The van der Waals surface area contributed by atoms with E-state index in [1.165, 1.54) is 4.90 Å². The maximum absolute atomic E-state index is 14.0. The van der Waals surface area contributed by atoms with Crippen molar-refractivity contribution in [1.29, 1.82) is 0 Å². The van der Waals surface area contributed by atoms with E-state index in [-0.39, 0.29) is 19.1 Å². The van der Waals surface area contributed by atoms with Gasteiger partial charge in [-0.1, -0.05) is 73.1 Å². The molecule has 0 spiro atoms. The SMILES string of the molecule is Cc1ccc(-c2nc(C(C(C)c3ccccc3)N3C(=O)N[C@H](c4ccc(OC(CO)CO)cc4)C3=O)[nH]c2C)c(Cl)c1. The number of imide groups is 1. The number of aryl methyl sites for hydroxylation is 2. The lowest BCUT2D eigenvalue weighted by Gasteiger charge is -2.29. The average Bonchev–Trinajstić information content (AvgIpc) is 3.51. The summed E-state index contributed by atoms with van der Waals surface area (Å²) in [6.07, 6.45) is -0.754. The number of amides is 3. The van der Waals surface area contributed by atoms with Crippen LogP contribution in [0.5, 0.6) is 5.75 Å². The molecule has 5 rings (SSSR count). The molecule has 1 fully saturated rings. The molecule has 0 bridgehead atoms. The Kier molecular flexibility index (Phi) is 8.63. The molecule has 42 heavy (non-hydrogen) atoms. The van der Waals surface area contributed by atoms with Gasteiger partial charge in [-0.15, -0.1) is 0 Å². The van der Waals surface area contributed by atoms with Gasteiger partial charge in [-0.25, -0.2) is 9.78 Å². The normalized spacial score (nSPS) is 16.5. The zero-order valence-corrected chi connectivity index (χ0v) is 24.3. The lowest BCUT2D eigenvalue weighted by Crippen LogP contribution is -2.38. The molecular formula is C32H33ClN4O5. The largest absolute Gasteiger partial charge is 0.486 e. The van der Waals surface area contributed by atoms with E-state index in [4.69, 9.17) is 21.3 Å². The van der Waals surface area contributed by atoms with Crippen LogP contribution in [0.4, 0.5) is 4.79 Å². The second-order valence-electron chi connectivity index (χ2n) is 10.5. The van der Waals surface area contributed by atoms with Gasteiger partial charge in [0.1, 0.15) is 29.8 Å². The quantitative estimate of drug-likeness (QED) is 0.188. The molecule has 10 heteroatoms. The van der Waals surface area contributed by atoms with E-state index >= 15 is 0 Å². The maximum atomic E-state index is 14.0. The van der Waals surface area contributed by atoms with Gasteiger partial charge in [-0.05, 0) is 48.7 Å². The first-order valence-electron chi connectivity index (χ1n) is 13.7. The standard InChI is InChI=1S/C32H33ClN4O5/c1-18-9-14-25(26(33)15-18)27-20(3)34-30(35-27)29(19(2)21-7-5-4-6-8-21)37-31(40)28(36-32(37)41)22-10-12-23(13-11-22)42-24(16-38)17-39/h4-15,19,24,28-29,38-39H,16-17H2,1-3H3,(H,34,35)(H,36,41)/t19?,28-,29?/m1/s1. The fourth-order valence-electron chi connectivity index (χ4n) is 5.27. The number of carbonyl (C=O) groups excluding carboxylic acids is 2. The molecule has 1 saturated heterocycles. The summed E-state index contributed by atoms with van der Waals surface area (Å²) in [7, 11) is 0. The Hall–Kier alpha value is -4.18. The third-order valence-corrected chi connectivity index (χ3v) is 7.85. The van der Waals surface area contributed by atoms with Crippen molar-refractivity contribution in [1.82, 2.24) is 20.2 Å². The number of hydrogen-bond acceptors (Lipinski definition) is 6. The fraction of sp³-hybridized carbons (Fsp3) is 0.281. The summed E-state index contributed by atoms with van der Waals surface area (Å²) >= 11 is 6.58. The summed E-state index contributed by atoms with van der Waals surface area (Å²) in [5, 5.41) is 22.0. The number of H-pyrrole nitrogens is 1. The Morgan fingerprint density at radius 3 is 2.33 bits per heavy atom. The van der Waals surface area contributed by atoms with Crippen LogP contribution in [0.25, 0.3) is 11.3 Å². The van der Waals surface area contributed by atoms with Crippen molar-refractivity contribution in [2.45, 2.75) is 44.9 Å². The highest BCUT2D eigenvalue weighted by Crippen LogP contribution is 2.40. The molecule has 2 heterocycles. The minimum absolute atomic E-state index is 0.295. The summed E-state index contributed by atoms with van der Waals surface area (Å²) < 4.78 is 5.54. The Bertz CT molecular complexity index is 1570. The lowest BCUT2D eigenvalue weighted by molar-refractivity contribution is -0.129. The Morgan fingerprint density at radius 2 is 1.69 bits per heavy atom.